The van der Waals surface area contributed by atoms with Gasteiger partial charge in [-0.05, 0) is 45.6 Å². The van der Waals surface area contributed by atoms with Gasteiger partial charge in [0.2, 0.25) is 10.0 Å². The third kappa shape index (κ3) is 3.63. The van der Waals surface area contributed by atoms with Gasteiger partial charge in [0.25, 0.3) is 0 Å². The molecular formula is C15H25N3O2S. The summed E-state index contributed by atoms with van der Waals surface area (Å²) in [6.07, 6.45) is 1.78. The predicted octanol–water partition coefficient (Wildman–Crippen LogP) is 1.12. The van der Waals surface area contributed by atoms with Crippen molar-refractivity contribution in [3.63, 3.8) is 0 Å². The molecule has 0 spiro atoms. The van der Waals surface area contributed by atoms with Crippen molar-refractivity contribution in [3.8, 4) is 0 Å². The topological polar surface area (TPSA) is 52.7 Å². The van der Waals surface area contributed by atoms with E-state index in [1.54, 1.807) is 16.4 Å². The minimum atomic E-state index is -3.39. The minimum absolute atomic E-state index is 0.433. The van der Waals surface area contributed by atoms with Crippen LogP contribution in [0.15, 0.2) is 29.2 Å². The molecule has 1 fully saturated rings. The SMILES string of the molecule is CNCc1ccccc1S(=O)(=O)N1CCC(N(C)C)CC1. The first kappa shape index (κ1) is 16.4. The first-order valence-corrected chi connectivity index (χ1v) is 8.80. The molecule has 0 unspecified atom stereocenters. The van der Waals surface area contributed by atoms with Gasteiger partial charge in [0.15, 0.2) is 0 Å². The number of hydrogen-bond donors (Lipinski definition) is 1. The second-order valence-electron chi connectivity index (χ2n) is 5.74. The van der Waals surface area contributed by atoms with E-state index in [2.05, 4.69) is 24.3 Å². The van der Waals surface area contributed by atoms with Gasteiger partial charge in [0.05, 0.1) is 4.90 Å². The lowest BCUT2D eigenvalue weighted by molar-refractivity contribution is 0.196. The number of rotatable bonds is 5. The average Bonchev–Trinajstić information content (AvgIpc) is 2.48. The first-order chi connectivity index (χ1) is 9.96. The number of benzene rings is 1. The zero-order chi connectivity index (χ0) is 15.5. The third-order valence-corrected chi connectivity index (χ3v) is 6.11. The lowest BCUT2D eigenvalue weighted by atomic mass is 10.1. The van der Waals surface area contributed by atoms with E-state index in [1.807, 2.05) is 19.2 Å². The maximum absolute atomic E-state index is 12.8. The van der Waals surface area contributed by atoms with E-state index in [9.17, 15) is 8.42 Å². The Morgan fingerprint density at radius 2 is 1.86 bits per heavy atom. The van der Waals surface area contributed by atoms with Crippen LogP contribution in [0.4, 0.5) is 0 Å². The van der Waals surface area contributed by atoms with Gasteiger partial charge in [0, 0.05) is 25.7 Å². The number of piperidine rings is 1. The van der Waals surface area contributed by atoms with Crippen LogP contribution in [-0.4, -0.2) is 57.9 Å². The largest absolute Gasteiger partial charge is 0.316 e. The molecule has 1 heterocycles. The van der Waals surface area contributed by atoms with Gasteiger partial charge < -0.3 is 10.2 Å². The van der Waals surface area contributed by atoms with Crippen molar-refractivity contribution >= 4 is 10.0 Å². The van der Waals surface area contributed by atoms with Gasteiger partial charge in [-0.1, -0.05) is 18.2 Å². The molecule has 0 aliphatic carbocycles. The van der Waals surface area contributed by atoms with Crippen LogP contribution in [0, 0.1) is 0 Å². The second-order valence-corrected chi connectivity index (χ2v) is 7.64. The molecule has 1 aromatic carbocycles. The van der Waals surface area contributed by atoms with E-state index in [0.717, 1.165) is 18.4 Å². The van der Waals surface area contributed by atoms with Crippen molar-refractivity contribution in [2.75, 3.05) is 34.2 Å². The standard InChI is InChI=1S/C15H25N3O2S/c1-16-12-13-6-4-5-7-15(13)21(19,20)18-10-8-14(9-11-18)17(2)3/h4-7,14,16H,8-12H2,1-3H3. The van der Waals surface area contributed by atoms with Gasteiger partial charge >= 0.3 is 0 Å². The van der Waals surface area contributed by atoms with Crippen LogP contribution >= 0.6 is 0 Å². The number of nitrogens with zero attached hydrogens (tertiary/aromatic N) is 2. The first-order valence-electron chi connectivity index (χ1n) is 7.36. The summed E-state index contributed by atoms with van der Waals surface area (Å²) in [5.74, 6) is 0. The summed E-state index contributed by atoms with van der Waals surface area (Å²) in [4.78, 5) is 2.61. The minimum Gasteiger partial charge on any atom is -0.316 e. The quantitative estimate of drug-likeness (QED) is 0.885. The molecule has 0 radical (unpaired) electrons. The molecule has 0 atom stereocenters. The average molecular weight is 311 g/mol. The van der Waals surface area contributed by atoms with Crippen LogP contribution in [0.25, 0.3) is 0 Å². The van der Waals surface area contributed by atoms with Crippen LogP contribution in [0.3, 0.4) is 0 Å². The summed E-state index contributed by atoms with van der Waals surface area (Å²) in [7, 11) is 2.54. The van der Waals surface area contributed by atoms with E-state index in [0.29, 0.717) is 30.6 Å². The smallest absolute Gasteiger partial charge is 0.243 e. The maximum Gasteiger partial charge on any atom is 0.243 e. The molecule has 0 aromatic heterocycles. The van der Waals surface area contributed by atoms with Crippen LogP contribution in [0.5, 0.6) is 0 Å². The van der Waals surface area contributed by atoms with Crippen molar-refractivity contribution in [1.82, 2.24) is 14.5 Å². The highest BCUT2D eigenvalue weighted by Gasteiger charge is 2.31. The Bertz CT molecular complexity index is 564. The van der Waals surface area contributed by atoms with Gasteiger partial charge in [-0.3, -0.25) is 0 Å². The van der Waals surface area contributed by atoms with E-state index >= 15 is 0 Å². The van der Waals surface area contributed by atoms with E-state index in [-0.39, 0.29) is 0 Å². The summed E-state index contributed by atoms with van der Waals surface area (Å²) >= 11 is 0. The number of hydrogen-bond acceptors (Lipinski definition) is 4. The van der Waals surface area contributed by atoms with Gasteiger partial charge in [0.1, 0.15) is 0 Å². The Morgan fingerprint density at radius 3 is 2.43 bits per heavy atom. The summed E-state index contributed by atoms with van der Waals surface area (Å²) in [5, 5.41) is 3.03. The lowest BCUT2D eigenvalue weighted by Crippen LogP contribution is -2.44. The third-order valence-electron chi connectivity index (χ3n) is 4.11. The fraction of sp³-hybridized carbons (Fsp3) is 0.600. The van der Waals surface area contributed by atoms with Gasteiger partial charge in [-0.15, -0.1) is 0 Å². The molecule has 1 N–H and O–H groups in total. The van der Waals surface area contributed by atoms with Crippen molar-refractivity contribution in [2.24, 2.45) is 0 Å². The fourth-order valence-electron chi connectivity index (χ4n) is 2.83. The monoisotopic (exact) mass is 311 g/mol. The maximum atomic E-state index is 12.8. The molecule has 5 nitrogen and oxygen atoms in total. The Balaban J connectivity index is 2.20. The van der Waals surface area contributed by atoms with Crippen molar-refractivity contribution in [3.05, 3.63) is 29.8 Å². The van der Waals surface area contributed by atoms with Gasteiger partial charge in [-0.2, -0.15) is 4.31 Å². The second kappa shape index (κ2) is 6.87. The Hall–Kier alpha value is -0.950. The summed E-state index contributed by atoms with van der Waals surface area (Å²) < 4.78 is 27.3. The summed E-state index contributed by atoms with van der Waals surface area (Å²) in [6.45, 7) is 1.75. The van der Waals surface area contributed by atoms with Crippen molar-refractivity contribution in [2.45, 2.75) is 30.3 Å². The van der Waals surface area contributed by atoms with Crippen molar-refractivity contribution < 1.29 is 8.42 Å². The van der Waals surface area contributed by atoms with E-state index in [1.165, 1.54) is 0 Å². The number of nitrogens with one attached hydrogen (secondary N) is 1. The highest BCUT2D eigenvalue weighted by atomic mass is 32.2. The van der Waals surface area contributed by atoms with Crippen LogP contribution in [0.2, 0.25) is 0 Å². The zero-order valence-electron chi connectivity index (χ0n) is 13.0. The molecule has 6 heteroatoms. The molecule has 0 amide bonds. The molecule has 1 aliphatic heterocycles. The molecule has 21 heavy (non-hydrogen) atoms. The summed E-state index contributed by atoms with van der Waals surface area (Å²) in [5.41, 5.74) is 0.828. The van der Waals surface area contributed by atoms with Crippen LogP contribution in [0.1, 0.15) is 18.4 Å². The Labute approximate surface area is 128 Å². The van der Waals surface area contributed by atoms with E-state index in [4.69, 9.17) is 0 Å². The molecule has 0 saturated carbocycles. The Morgan fingerprint density at radius 1 is 1.24 bits per heavy atom. The van der Waals surface area contributed by atoms with E-state index < -0.39 is 10.0 Å². The highest BCUT2D eigenvalue weighted by molar-refractivity contribution is 7.89. The highest BCUT2D eigenvalue weighted by Crippen LogP contribution is 2.24. The molecule has 0 bridgehead atoms. The molecule has 1 saturated heterocycles. The molecule has 1 aromatic rings. The fourth-order valence-corrected chi connectivity index (χ4v) is 4.52. The van der Waals surface area contributed by atoms with Gasteiger partial charge in [-0.25, -0.2) is 8.42 Å². The normalized spacial score (nSPS) is 18.3. The number of sulfonamides is 1. The van der Waals surface area contributed by atoms with Crippen LogP contribution < -0.4 is 5.32 Å². The predicted molar refractivity (Wildman–Crippen MR) is 84.7 cm³/mol. The molecular weight excluding hydrogens is 286 g/mol. The Kier molecular flexibility index (Phi) is 5.37. The van der Waals surface area contributed by atoms with Crippen LogP contribution in [-0.2, 0) is 16.6 Å². The molecule has 118 valence electrons. The lowest BCUT2D eigenvalue weighted by Gasteiger charge is -2.34. The summed E-state index contributed by atoms with van der Waals surface area (Å²) in [6, 6.07) is 7.72. The van der Waals surface area contributed by atoms with Crippen molar-refractivity contribution in [1.29, 1.82) is 0 Å². The molecule has 2 rings (SSSR count). The zero-order valence-corrected chi connectivity index (χ0v) is 13.9. The molecule has 1 aliphatic rings.